The van der Waals surface area contributed by atoms with E-state index in [-0.39, 0.29) is 16.3 Å². The number of hydrogen-bond donors (Lipinski definition) is 3. The fraction of sp³-hybridized carbons (Fsp3) is 0.227. The van der Waals surface area contributed by atoms with Crippen LogP contribution in [0, 0.1) is 12.3 Å². The summed E-state index contributed by atoms with van der Waals surface area (Å²) in [6.07, 6.45) is 2.03. The first kappa shape index (κ1) is 22.5. The van der Waals surface area contributed by atoms with Crippen LogP contribution in [-0.2, 0) is 10.0 Å². The van der Waals surface area contributed by atoms with Crippen molar-refractivity contribution in [1.29, 1.82) is 5.41 Å². The molecular weight excluding hydrogens is 446 g/mol. The minimum atomic E-state index is -3.48. The van der Waals surface area contributed by atoms with E-state index in [1.165, 1.54) is 22.7 Å². The van der Waals surface area contributed by atoms with Crippen LogP contribution in [0.5, 0.6) is 11.5 Å². The number of amides is 1. The Morgan fingerprint density at radius 1 is 1.21 bits per heavy atom. The zero-order valence-electron chi connectivity index (χ0n) is 18.1. The molecule has 0 saturated carbocycles. The van der Waals surface area contributed by atoms with E-state index < -0.39 is 15.9 Å². The zero-order chi connectivity index (χ0) is 23.6. The Bertz CT molecular complexity index is 1340. The molecule has 3 aromatic rings. The second kappa shape index (κ2) is 9.04. The number of hydrogen-bond acceptors (Lipinski definition) is 8. The molecule has 33 heavy (non-hydrogen) atoms. The number of carbonyl (C=O) groups is 1. The summed E-state index contributed by atoms with van der Waals surface area (Å²) in [5.41, 5.74) is 3.18. The molecule has 3 N–H and O–H groups in total. The van der Waals surface area contributed by atoms with E-state index in [1.54, 1.807) is 44.3 Å². The van der Waals surface area contributed by atoms with Gasteiger partial charge in [0.15, 0.2) is 0 Å². The van der Waals surface area contributed by atoms with Gasteiger partial charge in [0.1, 0.15) is 28.7 Å². The van der Waals surface area contributed by atoms with Crippen molar-refractivity contribution in [3.05, 3.63) is 53.8 Å². The number of sulfonamides is 1. The highest BCUT2D eigenvalue weighted by Gasteiger charge is 2.29. The zero-order valence-corrected chi connectivity index (χ0v) is 18.9. The first-order valence-corrected chi connectivity index (χ1v) is 11.6. The SMILES string of the molecule is CN/N=C\C(=N)NC(=O)c1cc(Oc2ccc(S(=O)(=O)N3CCC3)cc2)c2cc(C)oc2c1. The second-order valence-corrected chi connectivity index (χ2v) is 9.36. The molecule has 0 atom stereocenters. The Balaban J connectivity index is 1.61. The fourth-order valence-electron chi connectivity index (χ4n) is 3.29. The molecule has 2 heterocycles. The predicted molar refractivity (Wildman–Crippen MR) is 124 cm³/mol. The van der Waals surface area contributed by atoms with Gasteiger partial charge in [-0.15, -0.1) is 0 Å². The van der Waals surface area contributed by atoms with Gasteiger partial charge >= 0.3 is 0 Å². The summed E-state index contributed by atoms with van der Waals surface area (Å²) in [5.74, 6) is 0.690. The van der Waals surface area contributed by atoms with Crippen LogP contribution in [0.4, 0.5) is 0 Å². The van der Waals surface area contributed by atoms with Gasteiger partial charge in [-0.2, -0.15) is 9.41 Å². The minimum Gasteiger partial charge on any atom is -0.461 e. The summed E-state index contributed by atoms with van der Waals surface area (Å²) in [5, 5.41) is 14.5. The highest BCUT2D eigenvalue weighted by molar-refractivity contribution is 7.89. The Morgan fingerprint density at radius 2 is 1.94 bits per heavy atom. The number of rotatable bonds is 7. The van der Waals surface area contributed by atoms with Crippen LogP contribution in [0.15, 0.2) is 56.9 Å². The normalized spacial score (nSPS) is 14.2. The number of nitrogens with zero attached hydrogens (tertiary/aromatic N) is 2. The lowest BCUT2D eigenvalue weighted by Gasteiger charge is -2.29. The molecule has 1 fully saturated rings. The predicted octanol–water partition coefficient (Wildman–Crippen LogP) is 2.84. The van der Waals surface area contributed by atoms with Crippen LogP contribution in [0.2, 0.25) is 0 Å². The third-order valence-corrected chi connectivity index (χ3v) is 6.97. The molecule has 11 heteroatoms. The number of carbonyl (C=O) groups excluding carboxylic acids is 1. The van der Waals surface area contributed by atoms with Crippen molar-refractivity contribution in [3.8, 4) is 11.5 Å². The topological polar surface area (TPSA) is 137 Å². The second-order valence-electron chi connectivity index (χ2n) is 7.42. The summed E-state index contributed by atoms with van der Waals surface area (Å²) < 4.78 is 38.2. The average Bonchev–Trinajstić information content (AvgIpc) is 3.11. The van der Waals surface area contributed by atoms with E-state index in [0.717, 1.165) is 6.42 Å². The van der Waals surface area contributed by atoms with Gasteiger partial charge < -0.3 is 19.9 Å². The molecule has 10 nitrogen and oxygen atoms in total. The van der Waals surface area contributed by atoms with E-state index in [2.05, 4.69) is 15.8 Å². The van der Waals surface area contributed by atoms with Crippen LogP contribution >= 0.6 is 0 Å². The maximum atomic E-state index is 12.6. The summed E-state index contributed by atoms with van der Waals surface area (Å²) in [6.45, 7) is 2.85. The molecule has 1 aromatic heterocycles. The molecule has 0 bridgehead atoms. The van der Waals surface area contributed by atoms with E-state index in [1.807, 2.05) is 0 Å². The standard InChI is InChI=1S/C22H23N5O5S/c1-14-10-18-19(31-14)11-15(22(28)26-21(23)13-25-24-2)12-20(18)32-16-4-6-17(7-5-16)33(29,30)27-8-3-9-27/h4-7,10-13,24H,3,8-9H2,1-2H3,(H2,23,26,28)/b25-13-. The van der Waals surface area contributed by atoms with E-state index in [9.17, 15) is 13.2 Å². The molecule has 0 radical (unpaired) electrons. The summed E-state index contributed by atoms with van der Waals surface area (Å²) in [4.78, 5) is 12.8. The lowest BCUT2D eigenvalue weighted by Crippen LogP contribution is -2.41. The van der Waals surface area contributed by atoms with Crippen molar-refractivity contribution in [2.24, 2.45) is 5.10 Å². The number of aryl methyl sites for hydroxylation is 1. The van der Waals surface area contributed by atoms with Gasteiger partial charge in [-0.05, 0) is 55.8 Å². The smallest absolute Gasteiger partial charge is 0.257 e. The molecular formula is C22H23N5O5S. The largest absolute Gasteiger partial charge is 0.461 e. The molecule has 1 aliphatic heterocycles. The number of ether oxygens (including phenoxy) is 1. The average molecular weight is 470 g/mol. The molecule has 1 saturated heterocycles. The van der Waals surface area contributed by atoms with E-state index >= 15 is 0 Å². The molecule has 0 spiro atoms. The van der Waals surface area contributed by atoms with Gasteiger partial charge in [-0.1, -0.05) is 0 Å². The summed E-state index contributed by atoms with van der Waals surface area (Å²) in [6, 6.07) is 11.0. The highest BCUT2D eigenvalue weighted by atomic mass is 32.2. The highest BCUT2D eigenvalue weighted by Crippen LogP contribution is 2.34. The van der Waals surface area contributed by atoms with Crippen molar-refractivity contribution in [1.82, 2.24) is 15.0 Å². The van der Waals surface area contributed by atoms with Crippen LogP contribution in [0.3, 0.4) is 0 Å². The van der Waals surface area contributed by atoms with Gasteiger partial charge in [0, 0.05) is 25.7 Å². The third kappa shape index (κ3) is 4.73. The summed E-state index contributed by atoms with van der Waals surface area (Å²) in [7, 11) is -1.91. The maximum absolute atomic E-state index is 12.6. The molecule has 172 valence electrons. The molecule has 1 amide bonds. The Labute approximate surface area is 190 Å². The monoisotopic (exact) mass is 469 g/mol. The number of hydrazone groups is 1. The summed E-state index contributed by atoms with van der Waals surface area (Å²) >= 11 is 0. The maximum Gasteiger partial charge on any atom is 0.257 e. The lowest BCUT2D eigenvalue weighted by atomic mass is 10.1. The molecule has 1 aliphatic rings. The van der Waals surface area contributed by atoms with Crippen molar-refractivity contribution in [2.45, 2.75) is 18.2 Å². The van der Waals surface area contributed by atoms with E-state index in [4.69, 9.17) is 14.6 Å². The quantitative estimate of drug-likeness (QED) is 0.276. The van der Waals surface area contributed by atoms with Gasteiger partial charge in [-0.3, -0.25) is 10.2 Å². The van der Waals surface area contributed by atoms with Gasteiger partial charge in [-0.25, -0.2) is 8.42 Å². The Kier molecular flexibility index (Phi) is 6.16. The molecule has 0 unspecified atom stereocenters. The van der Waals surface area contributed by atoms with E-state index in [0.29, 0.717) is 41.3 Å². The van der Waals surface area contributed by atoms with Crippen LogP contribution in [-0.4, -0.2) is 50.8 Å². The fourth-order valence-corrected chi connectivity index (χ4v) is 4.81. The number of fused-ring (bicyclic) bond motifs is 1. The number of benzene rings is 2. The number of nitrogens with one attached hydrogen (secondary N) is 3. The first-order chi connectivity index (χ1) is 15.8. The number of amidine groups is 1. The van der Waals surface area contributed by atoms with Gasteiger partial charge in [0.2, 0.25) is 10.0 Å². The van der Waals surface area contributed by atoms with Crippen LogP contribution in [0.1, 0.15) is 22.5 Å². The van der Waals surface area contributed by atoms with Gasteiger partial charge in [0.25, 0.3) is 5.91 Å². The van der Waals surface area contributed by atoms with Crippen molar-refractivity contribution >= 4 is 38.9 Å². The third-order valence-electron chi connectivity index (χ3n) is 5.06. The van der Waals surface area contributed by atoms with Crippen LogP contribution in [0.25, 0.3) is 11.0 Å². The van der Waals surface area contributed by atoms with Crippen molar-refractivity contribution in [3.63, 3.8) is 0 Å². The molecule has 0 aliphatic carbocycles. The molecule has 4 rings (SSSR count). The Morgan fingerprint density at radius 3 is 2.58 bits per heavy atom. The Hall–Kier alpha value is -3.70. The molecule has 2 aromatic carbocycles. The van der Waals surface area contributed by atoms with Crippen molar-refractivity contribution < 1.29 is 22.4 Å². The minimum absolute atomic E-state index is 0.188. The number of furan rings is 1. The van der Waals surface area contributed by atoms with Gasteiger partial charge in [0.05, 0.1) is 16.5 Å². The first-order valence-electron chi connectivity index (χ1n) is 10.2. The van der Waals surface area contributed by atoms with Crippen LogP contribution < -0.4 is 15.5 Å². The lowest BCUT2D eigenvalue weighted by molar-refractivity contribution is 0.0977. The van der Waals surface area contributed by atoms with Crippen molar-refractivity contribution in [2.75, 3.05) is 20.1 Å².